The van der Waals surface area contributed by atoms with Gasteiger partial charge < -0.3 is 5.73 Å². The molecule has 1 aromatic rings. The molecule has 5 nitrogen and oxygen atoms in total. The first kappa shape index (κ1) is 16.4. The molecule has 0 aliphatic heterocycles. The minimum Gasteiger partial charge on any atom is -0.330 e. The number of nitrogens with two attached hydrogens (primary N) is 1. The van der Waals surface area contributed by atoms with Crippen LogP contribution in [0, 0.1) is 0 Å². The average Bonchev–Trinajstić information content (AvgIpc) is 2.38. The van der Waals surface area contributed by atoms with E-state index in [-0.39, 0.29) is 0 Å². The van der Waals surface area contributed by atoms with Crippen molar-refractivity contribution in [3.05, 3.63) is 34.9 Å². The monoisotopic (exact) mass is 305 g/mol. The van der Waals surface area contributed by atoms with E-state index in [1.807, 2.05) is 12.1 Å². The second-order valence-electron chi connectivity index (χ2n) is 4.35. The van der Waals surface area contributed by atoms with E-state index in [0.717, 1.165) is 5.56 Å². The molecule has 2 N–H and O–H groups in total. The summed E-state index contributed by atoms with van der Waals surface area (Å²) in [6, 6.07) is 7.12. The minimum atomic E-state index is -3.44. The van der Waals surface area contributed by atoms with Crippen LogP contribution in [0.5, 0.6) is 0 Å². The predicted octanol–water partition coefficient (Wildman–Crippen LogP) is 1.30. The van der Waals surface area contributed by atoms with Crippen molar-refractivity contribution in [2.45, 2.75) is 13.0 Å². The van der Waals surface area contributed by atoms with Crippen LogP contribution in [0.3, 0.4) is 0 Å². The molecule has 0 unspecified atom stereocenters. The molecule has 0 saturated heterocycles. The van der Waals surface area contributed by atoms with Gasteiger partial charge in [-0.3, -0.25) is 0 Å². The molecule has 0 aromatic heterocycles. The number of hydrogen-bond acceptors (Lipinski definition) is 3. The Morgan fingerprint density at radius 1 is 1.16 bits per heavy atom. The third kappa shape index (κ3) is 4.74. The molecular weight excluding hydrogens is 286 g/mol. The van der Waals surface area contributed by atoms with Crippen molar-refractivity contribution in [1.82, 2.24) is 8.61 Å². The van der Waals surface area contributed by atoms with Crippen molar-refractivity contribution in [2.75, 3.05) is 27.2 Å². The van der Waals surface area contributed by atoms with Crippen molar-refractivity contribution in [3.8, 4) is 0 Å². The van der Waals surface area contributed by atoms with Gasteiger partial charge in [0.25, 0.3) is 10.2 Å². The van der Waals surface area contributed by atoms with Gasteiger partial charge in [-0.15, -0.1) is 0 Å². The summed E-state index contributed by atoms with van der Waals surface area (Å²) in [6.45, 7) is 1.21. The van der Waals surface area contributed by atoms with E-state index in [9.17, 15) is 8.42 Å². The molecule has 0 aliphatic rings. The first-order chi connectivity index (χ1) is 8.87. The van der Waals surface area contributed by atoms with E-state index >= 15 is 0 Å². The molecule has 7 heteroatoms. The molecule has 0 aliphatic carbocycles. The van der Waals surface area contributed by atoms with E-state index in [1.54, 1.807) is 26.2 Å². The molecule has 0 fully saturated rings. The van der Waals surface area contributed by atoms with Gasteiger partial charge in [-0.05, 0) is 30.7 Å². The van der Waals surface area contributed by atoms with Crippen molar-refractivity contribution >= 4 is 21.8 Å². The lowest BCUT2D eigenvalue weighted by molar-refractivity contribution is 0.387. The summed E-state index contributed by atoms with van der Waals surface area (Å²) in [5, 5.41) is 0.634. The molecular formula is C12H20ClN3O2S. The molecule has 0 amide bonds. The Bertz CT molecular complexity index is 490. The zero-order valence-electron chi connectivity index (χ0n) is 11.2. The second kappa shape index (κ2) is 7.21. The van der Waals surface area contributed by atoms with Crippen LogP contribution in [0.4, 0.5) is 0 Å². The quantitative estimate of drug-likeness (QED) is 0.825. The Morgan fingerprint density at radius 2 is 1.74 bits per heavy atom. The summed E-state index contributed by atoms with van der Waals surface area (Å²) >= 11 is 5.79. The molecule has 1 rings (SSSR count). The molecule has 0 spiro atoms. The van der Waals surface area contributed by atoms with E-state index in [1.165, 1.54) is 8.61 Å². The van der Waals surface area contributed by atoms with Gasteiger partial charge >= 0.3 is 0 Å². The number of hydrogen-bond donors (Lipinski definition) is 1. The largest absolute Gasteiger partial charge is 0.330 e. The summed E-state index contributed by atoms with van der Waals surface area (Å²) in [7, 11) is -0.324. The van der Waals surface area contributed by atoms with Crippen molar-refractivity contribution < 1.29 is 8.42 Å². The van der Waals surface area contributed by atoms with Crippen molar-refractivity contribution in [2.24, 2.45) is 5.73 Å². The number of rotatable bonds is 7. The normalized spacial score (nSPS) is 12.3. The molecule has 0 saturated carbocycles. The summed E-state index contributed by atoms with van der Waals surface area (Å²) in [4.78, 5) is 0. The average molecular weight is 306 g/mol. The fourth-order valence-corrected chi connectivity index (χ4v) is 2.87. The third-order valence-electron chi connectivity index (χ3n) is 2.78. The van der Waals surface area contributed by atoms with Gasteiger partial charge in [-0.2, -0.15) is 17.0 Å². The minimum absolute atomic E-state index is 0.312. The van der Waals surface area contributed by atoms with Gasteiger partial charge in [0.15, 0.2) is 0 Å². The molecule has 0 radical (unpaired) electrons. The van der Waals surface area contributed by atoms with Gasteiger partial charge in [-0.25, -0.2) is 0 Å². The Morgan fingerprint density at radius 3 is 2.26 bits per heavy atom. The van der Waals surface area contributed by atoms with Crippen LogP contribution < -0.4 is 5.73 Å². The Kier molecular flexibility index (Phi) is 6.22. The highest BCUT2D eigenvalue weighted by Crippen LogP contribution is 2.13. The third-order valence-corrected chi connectivity index (χ3v) is 4.92. The predicted molar refractivity (Wildman–Crippen MR) is 78.1 cm³/mol. The zero-order chi connectivity index (χ0) is 14.5. The Balaban J connectivity index is 2.70. The standard InChI is InChI=1S/C12H20ClN3O2S/c1-15(9-3-8-14)19(17,18)16(2)10-11-4-6-12(13)7-5-11/h4-7H,3,8-10,14H2,1-2H3. The molecule has 0 heterocycles. The molecule has 108 valence electrons. The van der Waals surface area contributed by atoms with Crippen LogP contribution >= 0.6 is 11.6 Å². The van der Waals surface area contributed by atoms with Crippen LogP contribution in [0.15, 0.2) is 24.3 Å². The van der Waals surface area contributed by atoms with Gasteiger partial charge in [-0.1, -0.05) is 23.7 Å². The van der Waals surface area contributed by atoms with Crippen LogP contribution in [-0.4, -0.2) is 44.2 Å². The summed E-state index contributed by atoms with van der Waals surface area (Å²) < 4.78 is 27.0. The van der Waals surface area contributed by atoms with Gasteiger partial charge in [0, 0.05) is 32.2 Å². The SMILES string of the molecule is CN(CCCN)S(=O)(=O)N(C)Cc1ccc(Cl)cc1. The smallest absolute Gasteiger partial charge is 0.281 e. The Hall–Kier alpha value is -0.660. The molecule has 19 heavy (non-hydrogen) atoms. The lowest BCUT2D eigenvalue weighted by Crippen LogP contribution is -2.40. The second-order valence-corrected chi connectivity index (χ2v) is 6.93. The highest BCUT2D eigenvalue weighted by atomic mass is 35.5. The van der Waals surface area contributed by atoms with Crippen molar-refractivity contribution in [3.63, 3.8) is 0 Å². The van der Waals surface area contributed by atoms with Crippen LogP contribution in [0.2, 0.25) is 5.02 Å². The van der Waals surface area contributed by atoms with E-state index < -0.39 is 10.2 Å². The molecule has 0 bridgehead atoms. The van der Waals surface area contributed by atoms with E-state index in [0.29, 0.717) is 31.1 Å². The van der Waals surface area contributed by atoms with Gasteiger partial charge in [0.2, 0.25) is 0 Å². The van der Waals surface area contributed by atoms with Crippen LogP contribution in [0.1, 0.15) is 12.0 Å². The number of benzene rings is 1. The fraction of sp³-hybridized carbons (Fsp3) is 0.500. The van der Waals surface area contributed by atoms with Gasteiger partial charge in [0.1, 0.15) is 0 Å². The summed E-state index contributed by atoms with van der Waals surface area (Å²) in [6.07, 6.45) is 0.643. The van der Waals surface area contributed by atoms with E-state index in [4.69, 9.17) is 17.3 Å². The topological polar surface area (TPSA) is 66.6 Å². The van der Waals surface area contributed by atoms with Gasteiger partial charge in [0.05, 0.1) is 0 Å². The zero-order valence-corrected chi connectivity index (χ0v) is 12.8. The number of nitrogens with zero attached hydrogens (tertiary/aromatic N) is 2. The van der Waals surface area contributed by atoms with Crippen LogP contribution in [0.25, 0.3) is 0 Å². The fourth-order valence-electron chi connectivity index (χ4n) is 1.60. The summed E-state index contributed by atoms with van der Waals surface area (Å²) in [5.41, 5.74) is 6.28. The maximum absolute atomic E-state index is 12.2. The highest BCUT2D eigenvalue weighted by Gasteiger charge is 2.23. The van der Waals surface area contributed by atoms with Crippen LogP contribution in [-0.2, 0) is 16.8 Å². The molecule has 0 atom stereocenters. The first-order valence-electron chi connectivity index (χ1n) is 6.00. The lowest BCUT2D eigenvalue weighted by atomic mass is 10.2. The van der Waals surface area contributed by atoms with E-state index in [2.05, 4.69) is 0 Å². The lowest BCUT2D eigenvalue weighted by Gasteiger charge is -2.24. The highest BCUT2D eigenvalue weighted by molar-refractivity contribution is 7.86. The maximum atomic E-state index is 12.2. The first-order valence-corrected chi connectivity index (χ1v) is 7.77. The Labute approximate surface area is 120 Å². The number of halogens is 1. The maximum Gasteiger partial charge on any atom is 0.281 e. The van der Waals surface area contributed by atoms with Crippen molar-refractivity contribution in [1.29, 1.82) is 0 Å². The summed E-state index contributed by atoms with van der Waals surface area (Å²) in [5.74, 6) is 0. The molecule has 1 aromatic carbocycles.